The number of rotatable bonds is 4. The summed E-state index contributed by atoms with van der Waals surface area (Å²) in [5.41, 5.74) is 3.58. The number of hydrogen-bond donors (Lipinski definition) is 3. The minimum Gasteiger partial charge on any atom is -0.508 e. The average Bonchev–Trinajstić information content (AvgIpc) is 2.10. The van der Waals surface area contributed by atoms with Crippen molar-refractivity contribution in [3.8, 4) is 5.75 Å². The second-order valence-electron chi connectivity index (χ2n) is 2.73. The molecule has 1 aromatic rings. The van der Waals surface area contributed by atoms with Crippen molar-refractivity contribution < 1.29 is 15.1 Å². The first-order chi connectivity index (χ1) is 6.27. The number of hydrogen-bond acceptors (Lipinski definition) is 4. The first-order valence-corrected chi connectivity index (χ1v) is 3.94. The number of aromatic hydroxyl groups is 1. The highest BCUT2D eigenvalue weighted by atomic mass is 16.5. The van der Waals surface area contributed by atoms with E-state index in [0.29, 0.717) is 13.2 Å². The molecule has 0 radical (unpaired) electrons. The molecular weight excluding hydrogens is 170 g/mol. The number of benzene rings is 1. The minimum absolute atomic E-state index is 0.189. The van der Waals surface area contributed by atoms with E-state index in [1.165, 1.54) is 0 Å². The predicted octanol–water partition coefficient (Wildman–Crippen LogP) is 1.02. The Balaban J connectivity index is 2.79. The van der Waals surface area contributed by atoms with E-state index in [1.54, 1.807) is 19.2 Å². The molecule has 0 bridgehead atoms. The minimum atomic E-state index is 0.189. The van der Waals surface area contributed by atoms with Crippen molar-refractivity contribution in [1.29, 1.82) is 0 Å². The summed E-state index contributed by atoms with van der Waals surface area (Å²) in [6.45, 7) is 0.708. The van der Waals surface area contributed by atoms with Crippen LogP contribution in [0.3, 0.4) is 0 Å². The molecule has 0 spiro atoms. The Labute approximate surface area is 76.7 Å². The van der Waals surface area contributed by atoms with Gasteiger partial charge in [0.2, 0.25) is 0 Å². The molecule has 0 unspecified atom stereocenters. The maximum atomic E-state index is 9.46. The molecule has 0 aliphatic heterocycles. The van der Waals surface area contributed by atoms with Crippen LogP contribution in [0.4, 0.5) is 0 Å². The fourth-order valence-electron chi connectivity index (χ4n) is 1.09. The Bertz CT molecular complexity index is 276. The molecule has 0 aliphatic carbocycles. The van der Waals surface area contributed by atoms with Crippen molar-refractivity contribution in [2.75, 3.05) is 7.11 Å². The lowest BCUT2D eigenvalue weighted by Gasteiger charge is -2.05. The van der Waals surface area contributed by atoms with Crippen molar-refractivity contribution in [2.45, 2.75) is 13.2 Å². The molecule has 0 aliphatic rings. The zero-order chi connectivity index (χ0) is 9.68. The van der Waals surface area contributed by atoms with Gasteiger partial charge in [0, 0.05) is 19.2 Å². The average molecular weight is 183 g/mol. The predicted molar refractivity (Wildman–Crippen MR) is 47.4 cm³/mol. The lowest BCUT2D eigenvalue weighted by Crippen LogP contribution is -2.05. The van der Waals surface area contributed by atoms with Gasteiger partial charge in [-0.25, -0.2) is 5.48 Å². The van der Waals surface area contributed by atoms with E-state index < -0.39 is 0 Å². The molecule has 0 fully saturated rings. The van der Waals surface area contributed by atoms with E-state index in [0.717, 1.165) is 11.1 Å². The first kappa shape index (κ1) is 9.98. The summed E-state index contributed by atoms with van der Waals surface area (Å²) in [6, 6.07) is 5.18. The molecule has 0 atom stereocenters. The van der Waals surface area contributed by atoms with Crippen LogP contribution in [0.1, 0.15) is 11.1 Å². The Hall–Kier alpha value is -1.10. The molecule has 4 nitrogen and oxygen atoms in total. The van der Waals surface area contributed by atoms with Gasteiger partial charge in [-0.1, -0.05) is 12.1 Å². The van der Waals surface area contributed by atoms with Gasteiger partial charge in [-0.3, -0.25) is 0 Å². The number of nitrogens with one attached hydrogen (secondary N) is 1. The molecule has 3 N–H and O–H groups in total. The highest BCUT2D eigenvalue weighted by Gasteiger charge is 2.01. The van der Waals surface area contributed by atoms with Crippen LogP contribution in [0, 0.1) is 0 Å². The highest BCUT2D eigenvalue weighted by molar-refractivity contribution is 5.35. The summed E-state index contributed by atoms with van der Waals surface area (Å²) in [5, 5.41) is 17.9. The molecule has 0 amide bonds. The van der Waals surface area contributed by atoms with Gasteiger partial charge in [-0.15, -0.1) is 0 Å². The Morgan fingerprint density at radius 2 is 2.23 bits per heavy atom. The summed E-state index contributed by atoms with van der Waals surface area (Å²) in [5.74, 6) is 0.189. The lowest BCUT2D eigenvalue weighted by molar-refractivity contribution is 0.161. The van der Waals surface area contributed by atoms with Crippen LogP contribution in [-0.4, -0.2) is 17.4 Å². The largest absolute Gasteiger partial charge is 0.508 e. The quantitative estimate of drug-likeness (QED) is 0.610. The second kappa shape index (κ2) is 4.81. The fourth-order valence-corrected chi connectivity index (χ4v) is 1.09. The van der Waals surface area contributed by atoms with Gasteiger partial charge in [0.05, 0.1) is 6.61 Å². The van der Waals surface area contributed by atoms with Crippen LogP contribution in [0.15, 0.2) is 18.2 Å². The Morgan fingerprint density at radius 1 is 1.46 bits per heavy atom. The van der Waals surface area contributed by atoms with Gasteiger partial charge in [0.1, 0.15) is 5.75 Å². The third-order valence-corrected chi connectivity index (χ3v) is 1.73. The number of ether oxygens (including phenoxy) is 1. The van der Waals surface area contributed by atoms with Crippen LogP contribution in [-0.2, 0) is 17.9 Å². The highest BCUT2D eigenvalue weighted by Crippen LogP contribution is 2.19. The summed E-state index contributed by atoms with van der Waals surface area (Å²) < 4.78 is 4.88. The summed E-state index contributed by atoms with van der Waals surface area (Å²) in [6.07, 6.45) is 0. The van der Waals surface area contributed by atoms with E-state index >= 15 is 0 Å². The zero-order valence-electron chi connectivity index (χ0n) is 7.45. The second-order valence-corrected chi connectivity index (χ2v) is 2.73. The molecule has 0 heterocycles. The topological polar surface area (TPSA) is 61.7 Å². The van der Waals surface area contributed by atoms with Crippen molar-refractivity contribution in [3.63, 3.8) is 0 Å². The SMILES string of the molecule is COCc1ccc(CNO)cc1O. The van der Waals surface area contributed by atoms with Crippen molar-refractivity contribution >= 4 is 0 Å². The van der Waals surface area contributed by atoms with Gasteiger partial charge in [0.25, 0.3) is 0 Å². The van der Waals surface area contributed by atoms with Gasteiger partial charge >= 0.3 is 0 Å². The van der Waals surface area contributed by atoms with Crippen LogP contribution in [0.25, 0.3) is 0 Å². The van der Waals surface area contributed by atoms with E-state index in [-0.39, 0.29) is 5.75 Å². The number of methoxy groups -OCH3 is 1. The van der Waals surface area contributed by atoms with E-state index in [1.807, 2.05) is 11.5 Å². The molecular formula is C9H13NO3. The molecule has 0 saturated carbocycles. The molecule has 13 heavy (non-hydrogen) atoms. The monoisotopic (exact) mass is 183 g/mol. The molecule has 1 aromatic carbocycles. The maximum absolute atomic E-state index is 9.46. The fraction of sp³-hybridized carbons (Fsp3) is 0.333. The normalized spacial score (nSPS) is 10.3. The number of phenolic OH excluding ortho intramolecular Hbond substituents is 1. The lowest BCUT2D eigenvalue weighted by atomic mass is 10.1. The van der Waals surface area contributed by atoms with Crippen LogP contribution in [0.5, 0.6) is 5.75 Å². The molecule has 1 rings (SSSR count). The number of hydroxylamine groups is 1. The molecule has 4 heteroatoms. The van der Waals surface area contributed by atoms with E-state index in [9.17, 15) is 5.11 Å². The molecule has 72 valence electrons. The first-order valence-electron chi connectivity index (χ1n) is 3.94. The third kappa shape index (κ3) is 2.69. The van der Waals surface area contributed by atoms with Crippen LogP contribution in [0.2, 0.25) is 0 Å². The Morgan fingerprint density at radius 3 is 2.77 bits per heavy atom. The Kier molecular flexibility index (Phi) is 3.70. The summed E-state index contributed by atoms with van der Waals surface area (Å²) in [4.78, 5) is 0. The zero-order valence-corrected chi connectivity index (χ0v) is 7.45. The standard InChI is InChI=1S/C9H13NO3/c1-13-6-8-3-2-7(5-10-12)4-9(8)11/h2-4,10-12H,5-6H2,1H3. The third-order valence-electron chi connectivity index (χ3n) is 1.73. The molecule has 0 saturated heterocycles. The van der Waals surface area contributed by atoms with Gasteiger partial charge in [-0.05, 0) is 11.6 Å². The van der Waals surface area contributed by atoms with Crippen molar-refractivity contribution in [1.82, 2.24) is 5.48 Å². The summed E-state index contributed by atoms with van der Waals surface area (Å²) >= 11 is 0. The van der Waals surface area contributed by atoms with Gasteiger partial charge < -0.3 is 15.1 Å². The van der Waals surface area contributed by atoms with E-state index in [2.05, 4.69) is 0 Å². The molecule has 0 aromatic heterocycles. The van der Waals surface area contributed by atoms with Crippen LogP contribution >= 0.6 is 0 Å². The maximum Gasteiger partial charge on any atom is 0.121 e. The smallest absolute Gasteiger partial charge is 0.121 e. The van der Waals surface area contributed by atoms with Gasteiger partial charge in [0.15, 0.2) is 0 Å². The summed E-state index contributed by atoms with van der Waals surface area (Å²) in [7, 11) is 1.57. The van der Waals surface area contributed by atoms with Gasteiger partial charge in [-0.2, -0.15) is 0 Å². The van der Waals surface area contributed by atoms with Crippen LogP contribution < -0.4 is 5.48 Å². The van der Waals surface area contributed by atoms with E-state index in [4.69, 9.17) is 9.94 Å². The number of phenols is 1. The van der Waals surface area contributed by atoms with Crippen molar-refractivity contribution in [3.05, 3.63) is 29.3 Å². The van der Waals surface area contributed by atoms with Crippen molar-refractivity contribution in [2.24, 2.45) is 0 Å².